The third kappa shape index (κ3) is 8.44. The van der Waals surface area contributed by atoms with Crippen LogP contribution >= 0.6 is 0 Å². The van der Waals surface area contributed by atoms with Gasteiger partial charge in [-0.05, 0) is 212 Å². The van der Waals surface area contributed by atoms with Crippen LogP contribution in [-0.2, 0) is 0 Å². The molecule has 0 amide bonds. The molecule has 12 aromatic rings. The SMILES string of the molecule is Cc1ccc(N(c2cc(-c3ccc(F)cc3)cc(-c3ccc(F)cc3)c2)c2ccc3ccc4c(N(c5cc(-c6ccc(F)cc6)cc(-c6ccc(F)cc6)c5)c5ccc(C)cc5F)ccc5ccc2c3c54)c(F)c1. The monoisotopic (exact) mass is 976 g/mol. The van der Waals surface area contributed by atoms with Gasteiger partial charge in [-0.15, -0.1) is 0 Å². The van der Waals surface area contributed by atoms with Crippen molar-refractivity contribution in [3.05, 3.63) is 264 Å². The number of aryl methyl sites for hydroxylation is 2. The summed E-state index contributed by atoms with van der Waals surface area (Å²) in [7, 11) is 0. The highest BCUT2D eigenvalue weighted by atomic mass is 19.1. The molecule has 0 radical (unpaired) electrons. The maximum Gasteiger partial charge on any atom is 0.147 e. The molecule has 0 atom stereocenters. The molecule has 0 spiro atoms. The highest BCUT2D eigenvalue weighted by Crippen LogP contribution is 2.50. The summed E-state index contributed by atoms with van der Waals surface area (Å²) < 4.78 is 91.1. The van der Waals surface area contributed by atoms with Crippen LogP contribution < -0.4 is 9.80 Å². The smallest absolute Gasteiger partial charge is 0.147 e. The van der Waals surface area contributed by atoms with Gasteiger partial charge in [0.05, 0.1) is 22.7 Å². The van der Waals surface area contributed by atoms with Crippen molar-refractivity contribution in [1.29, 1.82) is 0 Å². The molecule has 0 heterocycles. The van der Waals surface area contributed by atoms with Crippen LogP contribution in [0.25, 0.3) is 76.8 Å². The lowest BCUT2D eigenvalue weighted by molar-refractivity contribution is 0.627. The summed E-state index contributed by atoms with van der Waals surface area (Å²) in [5.74, 6) is -2.44. The quantitative estimate of drug-likeness (QED) is 0.0995. The third-order valence-electron chi connectivity index (χ3n) is 13.9. The minimum Gasteiger partial charge on any atom is -0.307 e. The highest BCUT2D eigenvalue weighted by Gasteiger charge is 2.26. The Morgan fingerprint density at radius 1 is 0.257 bits per heavy atom. The zero-order chi connectivity index (χ0) is 50.8. The molecular formula is C66H42F6N2. The Bertz CT molecular complexity index is 3700. The second-order valence-corrected chi connectivity index (χ2v) is 18.7. The van der Waals surface area contributed by atoms with Gasteiger partial charge in [-0.3, -0.25) is 0 Å². The Kier molecular flexibility index (Phi) is 11.5. The number of anilines is 6. The molecule has 0 bridgehead atoms. The van der Waals surface area contributed by atoms with Gasteiger partial charge in [-0.1, -0.05) is 97.1 Å². The van der Waals surface area contributed by atoms with E-state index in [4.69, 9.17) is 0 Å². The van der Waals surface area contributed by atoms with E-state index in [1.807, 2.05) is 121 Å². The van der Waals surface area contributed by atoms with Gasteiger partial charge < -0.3 is 9.80 Å². The minimum atomic E-state index is -0.452. The minimum absolute atomic E-state index is 0.284. The summed E-state index contributed by atoms with van der Waals surface area (Å²) in [6.45, 7) is 3.67. The van der Waals surface area contributed by atoms with E-state index in [1.54, 1.807) is 60.7 Å². The lowest BCUT2D eigenvalue weighted by Gasteiger charge is -2.30. The van der Waals surface area contributed by atoms with Crippen molar-refractivity contribution < 1.29 is 26.3 Å². The van der Waals surface area contributed by atoms with Gasteiger partial charge in [-0.25, -0.2) is 26.3 Å². The maximum absolute atomic E-state index is 16.8. The third-order valence-corrected chi connectivity index (χ3v) is 13.9. The summed E-state index contributed by atoms with van der Waals surface area (Å²) in [4.78, 5) is 3.79. The Hall–Kier alpha value is -9.14. The van der Waals surface area contributed by atoms with Gasteiger partial charge in [0, 0.05) is 22.1 Å². The fourth-order valence-electron chi connectivity index (χ4n) is 10.3. The Morgan fingerprint density at radius 3 is 0.838 bits per heavy atom. The molecule has 0 saturated heterocycles. The van der Waals surface area contributed by atoms with Crippen LogP contribution in [-0.4, -0.2) is 0 Å². The van der Waals surface area contributed by atoms with Gasteiger partial charge in [0.15, 0.2) is 0 Å². The van der Waals surface area contributed by atoms with Crippen LogP contribution in [0.3, 0.4) is 0 Å². The Balaban J connectivity index is 1.11. The van der Waals surface area contributed by atoms with Crippen molar-refractivity contribution in [3.63, 3.8) is 0 Å². The predicted octanol–water partition coefficient (Wildman–Crippen LogP) is 19.6. The van der Waals surface area contributed by atoms with Gasteiger partial charge in [0.25, 0.3) is 0 Å². The van der Waals surface area contributed by atoms with E-state index in [0.29, 0.717) is 22.7 Å². The topological polar surface area (TPSA) is 6.48 Å². The molecule has 0 unspecified atom stereocenters. The first-order chi connectivity index (χ1) is 35.9. The summed E-state index contributed by atoms with van der Waals surface area (Å²) >= 11 is 0. The number of rotatable bonds is 10. The largest absolute Gasteiger partial charge is 0.307 e. The average molecular weight is 977 g/mol. The zero-order valence-electron chi connectivity index (χ0n) is 39.9. The molecule has 12 aromatic carbocycles. The summed E-state index contributed by atoms with van der Waals surface area (Å²) in [5.41, 5.74) is 10.4. The number of hydrogen-bond donors (Lipinski definition) is 0. The second kappa shape index (κ2) is 18.5. The van der Waals surface area contributed by atoms with Gasteiger partial charge in [0.1, 0.15) is 34.9 Å². The number of benzene rings is 12. The molecule has 0 saturated carbocycles. The summed E-state index contributed by atoms with van der Waals surface area (Å²) in [6.07, 6.45) is 0. The Labute approximate surface area is 423 Å². The van der Waals surface area contributed by atoms with Crippen molar-refractivity contribution in [3.8, 4) is 44.5 Å². The van der Waals surface area contributed by atoms with Crippen molar-refractivity contribution >= 4 is 66.4 Å². The molecule has 0 aliphatic heterocycles. The molecule has 2 nitrogen and oxygen atoms in total. The lowest BCUT2D eigenvalue weighted by Crippen LogP contribution is -2.13. The van der Waals surface area contributed by atoms with Gasteiger partial charge >= 0.3 is 0 Å². The van der Waals surface area contributed by atoms with E-state index in [1.165, 1.54) is 60.7 Å². The normalized spacial score (nSPS) is 11.5. The van der Waals surface area contributed by atoms with Crippen molar-refractivity contribution in [2.24, 2.45) is 0 Å². The average Bonchev–Trinajstić information content (AvgIpc) is 3.43. The molecule has 12 rings (SSSR count). The first-order valence-corrected chi connectivity index (χ1v) is 24.1. The van der Waals surface area contributed by atoms with Crippen LogP contribution in [0.1, 0.15) is 11.1 Å². The zero-order valence-corrected chi connectivity index (χ0v) is 39.9. The molecule has 0 aliphatic rings. The van der Waals surface area contributed by atoms with E-state index in [-0.39, 0.29) is 34.6 Å². The summed E-state index contributed by atoms with van der Waals surface area (Å²) in [5, 5.41) is 5.22. The lowest BCUT2D eigenvalue weighted by atomic mass is 9.91. The molecule has 8 heteroatoms. The fourth-order valence-corrected chi connectivity index (χ4v) is 10.3. The predicted molar refractivity (Wildman–Crippen MR) is 290 cm³/mol. The van der Waals surface area contributed by atoms with Gasteiger partial charge in [0.2, 0.25) is 0 Å². The van der Waals surface area contributed by atoms with Crippen molar-refractivity contribution in [2.75, 3.05) is 9.80 Å². The fraction of sp³-hybridized carbons (Fsp3) is 0.0303. The van der Waals surface area contributed by atoms with Gasteiger partial charge in [-0.2, -0.15) is 0 Å². The van der Waals surface area contributed by atoms with Crippen LogP contribution in [0, 0.1) is 48.8 Å². The number of halogens is 6. The second-order valence-electron chi connectivity index (χ2n) is 18.7. The van der Waals surface area contributed by atoms with E-state index >= 15 is 8.78 Å². The van der Waals surface area contributed by atoms with Crippen LogP contribution in [0.2, 0.25) is 0 Å². The summed E-state index contributed by atoms with van der Waals surface area (Å²) in [6, 6.07) is 62.9. The molecule has 74 heavy (non-hydrogen) atoms. The maximum atomic E-state index is 16.8. The van der Waals surface area contributed by atoms with Crippen LogP contribution in [0.4, 0.5) is 60.5 Å². The van der Waals surface area contributed by atoms with Crippen molar-refractivity contribution in [2.45, 2.75) is 13.8 Å². The highest BCUT2D eigenvalue weighted by molar-refractivity contribution is 6.28. The first-order valence-electron chi connectivity index (χ1n) is 24.1. The molecule has 0 N–H and O–H groups in total. The molecular weight excluding hydrogens is 935 g/mol. The van der Waals surface area contributed by atoms with Crippen molar-refractivity contribution in [1.82, 2.24) is 0 Å². The van der Waals surface area contributed by atoms with E-state index in [9.17, 15) is 17.6 Å². The van der Waals surface area contributed by atoms with Crippen LogP contribution in [0.5, 0.6) is 0 Å². The number of hydrogen-bond acceptors (Lipinski definition) is 2. The molecule has 0 aromatic heterocycles. The van der Waals surface area contributed by atoms with E-state index < -0.39 is 11.6 Å². The molecule has 0 fully saturated rings. The van der Waals surface area contributed by atoms with Crippen LogP contribution in [0.15, 0.2) is 218 Å². The standard InChI is InChI=1S/C66H42F6N2/c1-39-3-27-63(59(71)31-39)73(55-35-47(41-5-17-51(67)18-6-41)33-48(36-55)42-7-19-52(68)20-8-42)61-29-15-45-14-26-58-62(30-16-46-13-25-57(61)65(45)66(46)58)74(64-28-4-40(2)32-60(64)72)56-37-49(43-9-21-53(69)22-10-43)34-50(38-56)44-11-23-54(70)24-12-44/h3-38H,1-2H3. The number of nitrogens with zero attached hydrogens (tertiary/aromatic N) is 2. The molecule has 0 aliphatic carbocycles. The first kappa shape index (κ1) is 46.0. The Morgan fingerprint density at radius 2 is 0.541 bits per heavy atom. The van der Waals surface area contributed by atoms with E-state index in [0.717, 1.165) is 88.0 Å². The molecule has 358 valence electrons. The van der Waals surface area contributed by atoms with E-state index in [2.05, 4.69) is 0 Å².